The van der Waals surface area contributed by atoms with E-state index in [0.29, 0.717) is 11.3 Å². The quantitative estimate of drug-likeness (QED) is 0.711. The number of sulfonamides is 1. The number of hydrogen-bond donors (Lipinski definition) is 2. The van der Waals surface area contributed by atoms with Crippen molar-refractivity contribution in [3.05, 3.63) is 60.5 Å². The average molecular weight is 374 g/mol. The van der Waals surface area contributed by atoms with E-state index in [-0.39, 0.29) is 22.3 Å². The molecule has 0 bridgehead atoms. The number of rotatable bonds is 5. The van der Waals surface area contributed by atoms with E-state index in [4.69, 9.17) is 9.88 Å². The SMILES string of the molecule is COc1ccc(-c2ccnc(Nc3ccccc3S(N)(=O)=O)n2)cc1F. The van der Waals surface area contributed by atoms with E-state index >= 15 is 0 Å². The summed E-state index contributed by atoms with van der Waals surface area (Å²) >= 11 is 0. The molecular weight excluding hydrogens is 359 g/mol. The van der Waals surface area contributed by atoms with Crippen LogP contribution in [-0.2, 0) is 10.0 Å². The predicted molar refractivity (Wildman–Crippen MR) is 95.1 cm³/mol. The number of anilines is 2. The van der Waals surface area contributed by atoms with Crippen LogP contribution >= 0.6 is 0 Å². The summed E-state index contributed by atoms with van der Waals surface area (Å²) < 4.78 is 42.1. The lowest BCUT2D eigenvalue weighted by Gasteiger charge is -2.10. The molecule has 0 radical (unpaired) electrons. The first-order valence-corrected chi connectivity index (χ1v) is 8.99. The summed E-state index contributed by atoms with van der Waals surface area (Å²) in [6.45, 7) is 0. The first-order valence-electron chi connectivity index (χ1n) is 7.44. The second-order valence-corrected chi connectivity index (χ2v) is 6.81. The van der Waals surface area contributed by atoms with Crippen LogP contribution in [0.5, 0.6) is 5.75 Å². The van der Waals surface area contributed by atoms with Gasteiger partial charge in [-0.3, -0.25) is 0 Å². The summed E-state index contributed by atoms with van der Waals surface area (Å²) in [6.07, 6.45) is 1.48. The zero-order chi connectivity index (χ0) is 18.7. The van der Waals surface area contributed by atoms with Gasteiger partial charge in [-0.15, -0.1) is 0 Å². The maximum Gasteiger partial charge on any atom is 0.240 e. The van der Waals surface area contributed by atoms with Gasteiger partial charge in [-0.25, -0.2) is 27.9 Å². The second-order valence-electron chi connectivity index (χ2n) is 5.28. The maximum absolute atomic E-state index is 13.9. The number of nitrogens with one attached hydrogen (secondary N) is 1. The smallest absolute Gasteiger partial charge is 0.240 e. The highest BCUT2D eigenvalue weighted by Crippen LogP contribution is 2.26. The first-order chi connectivity index (χ1) is 12.4. The van der Waals surface area contributed by atoms with Gasteiger partial charge in [0.05, 0.1) is 18.5 Å². The molecule has 3 N–H and O–H groups in total. The molecule has 2 aromatic carbocycles. The molecule has 26 heavy (non-hydrogen) atoms. The summed E-state index contributed by atoms with van der Waals surface area (Å²) in [6, 6.07) is 12.2. The number of nitrogens with two attached hydrogens (primary N) is 1. The molecule has 3 aromatic rings. The van der Waals surface area contributed by atoms with Crippen molar-refractivity contribution >= 4 is 21.7 Å². The van der Waals surface area contributed by atoms with Crippen molar-refractivity contribution in [3.8, 4) is 17.0 Å². The van der Waals surface area contributed by atoms with Crippen molar-refractivity contribution in [2.45, 2.75) is 4.90 Å². The fourth-order valence-electron chi connectivity index (χ4n) is 2.34. The fourth-order valence-corrected chi connectivity index (χ4v) is 3.04. The maximum atomic E-state index is 13.9. The van der Waals surface area contributed by atoms with E-state index in [1.165, 1.54) is 31.5 Å². The zero-order valence-corrected chi connectivity index (χ0v) is 14.5. The number of para-hydroxylation sites is 1. The normalized spacial score (nSPS) is 11.2. The summed E-state index contributed by atoms with van der Waals surface area (Å²) in [5, 5.41) is 8.04. The molecule has 0 aliphatic rings. The van der Waals surface area contributed by atoms with Crippen molar-refractivity contribution in [2.24, 2.45) is 5.14 Å². The Kier molecular flexibility index (Phi) is 4.83. The molecule has 134 valence electrons. The summed E-state index contributed by atoms with van der Waals surface area (Å²) in [7, 11) is -2.53. The molecule has 0 fully saturated rings. The van der Waals surface area contributed by atoms with E-state index in [1.807, 2.05) is 0 Å². The number of hydrogen-bond acceptors (Lipinski definition) is 6. The number of aromatic nitrogens is 2. The van der Waals surface area contributed by atoms with Gasteiger partial charge in [0.15, 0.2) is 11.6 Å². The van der Waals surface area contributed by atoms with Gasteiger partial charge in [-0.2, -0.15) is 0 Å². The van der Waals surface area contributed by atoms with Gasteiger partial charge < -0.3 is 10.1 Å². The highest BCUT2D eigenvalue weighted by atomic mass is 32.2. The van der Waals surface area contributed by atoms with Crippen LogP contribution in [-0.4, -0.2) is 25.5 Å². The Balaban J connectivity index is 1.96. The molecule has 0 aliphatic heterocycles. The Hall–Kier alpha value is -3.04. The Labute approximate surface area is 149 Å². The second kappa shape index (κ2) is 7.06. The van der Waals surface area contributed by atoms with Gasteiger partial charge in [0.25, 0.3) is 0 Å². The van der Waals surface area contributed by atoms with Crippen LogP contribution in [0.2, 0.25) is 0 Å². The minimum atomic E-state index is -3.91. The van der Waals surface area contributed by atoms with Crippen molar-refractivity contribution in [2.75, 3.05) is 12.4 Å². The average Bonchev–Trinajstić information content (AvgIpc) is 2.61. The summed E-state index contributed by atoms with van der Waals surface area (Å²) in [4.78, 5) is 8.28. The molecule has 0 unspecified atom stereocenters. The number of halogens is 1. The summed E-state index contributed by atoms with van der Waals surface area (Å²) in [5.74, 6) is -0.240. The van der Waals surface area contributed by atoms with Gasteiger partial charge in [0.1, 0.15) is 4.90 Å². The molecular formula is C17H15FN4O3S. The van der Waals surface area contributed by atoms with Crippen molar-refractivity contribution in [1.82, 2.24) is 9.97 Å². The molecule has 1 aromatic heterocycles. The first kappa shape index (κ1) is 17.8. The number of primary sulfonamides is 1. The van der Waals surface area contributed by atoms with Crippen molar-refractivity contribution in [1.29, 1.82) is 0 Å². The Morgan fingerprint density at radius 2 is 1.92 bits per heavy atom. The Bertz CT molecular complexity index is 1060. The highest BCUT2D eigenvalue weighted by molar-refractivity contribution is 7.89. The number of benzene rings is 2. The lowest BCUT2D eigenvalue weighted by atomic mass is 10.1. The molecule has 7 nitrogen and oxygen atoms in total. The fraction of sp³-hybridized carbons (Fsp3) is 0.0588. The molecule has 0 atom stereocenters. The zero-order valence-electron chi connectivity index (χ0n) is 13.7. The van der Waals surface area contributed by atoms with Gasteiger partial charge in [0, 0.05) is 11.8 Å². The van der Waals surface area contributed by atoms with E-state index in [2.05, 4.69) is 15.3 Å². The van der Waals surface area contributed by atoms with Crippen LogP contribution in [0, 0.1) is 5.82 Å². The third kappa shape index (κ3) is 3.79. The minimum Gasteiger partial charge on any atom is -0.494 e. The molecule has 0 saturated carbocycles. The van der Waals surface area contributed by atoms with E-state index in [0.717, 1.165) is 0 Å². The topological polar surface area (TPSA) is 107 Å². The van der Waals surface area contributed by atoms with E-state index in [9.17, 15) is 12.8 Å². The Morgan fingerprint density at radius 1 is 1.15 bits per heavy atom. The van der Waals surface area contributed by atoms with Crippen molar-refractivity contribution in [3.63, 3.8) is 0 Å². The molecule has 1 heterocycles. The Morgan fingerprint density at radius 3 is 2.62 bits per heavy atom. The largest absolute Gasteiger partial charge is 0.494 e. The minimum absolute atomic E-state index is 0.0792. The third-order valence-electron chi connectivity index (χ3n) is 3.54. The molecule has 0 spiro atoms. The molecule has 0 aliphatic carbocycles. The number of methoxy groups -OCH3 is 1. The molecule has 0 amide bonds. The summed E-state index contributed by atoms with van der Waals surface area (Å²) in [5.41, 5.74) is 1.22. The molecule has 3 rings (SSSR count). The molecule has 0 saturated heterocycles. The van der Waals surface area contributed by atoms with Crippen LogP contribution in [0.1, 0.15) is 0 Å². The number of nitrogens with zero attached hydrogens (tertiary/aromatic N) is 2. The van der Waals surface area contributed by atoms with Gasteiger partial charge in [-0.1, -0.05) is 12.1 Å². The van der Waals surface area contributed by atoms with Gasteiger partial charge in [0.2, 0.25) is 16.0 Å². The van der Waals surface area contributed by atoms with Crippen LogP contribution in [0.3, 0.4) is 0 Å². The van der Waals surface area contributed by atoms with Crippen LogP contribution in [0.25, 0.3) is 11.3 Å². The van der Waals surface area contributed by atoms with Crippen LogP contribution < -0.4 is 15.2 Å². The predicted octanol–water partition coefficient (Wildman–Crippen LogP) is 2.68. The number of ether oxygens (including phenoxy) is 1. The standard InChI is InChI=1S/C17H15FN4O3S/c1-25-15-7-6-11(10-12(15)18)13-8-9-20-17(21-13)22-14-4-2-3-5-16(14)26(19,23)24/h2-10H,1H3,(H2,19,23,24)(H,20,21,22). The van der Waals surface area contributed by atoms with Crippen LogP contribution in [0.4, 0.5) is 16.0 Å². The van der Waals surface area contributed by atoms with Crippen molar-refractivity contribution < 1.29 is 17.5 Å². The lowest BCUT2D eigenvalue weighted by molar-refractivity contribution is 0.386. The third-order valence-corrected chi connectivity index (χ3v) is 4.51. The highest BCUT2D eigenvalue weighted by Gasteiger charge is 2.14. The van der Waals surface area contributed by atoms with Crippen LogP contribution in [0.15, 0.2) is 59.6 Å². The van der Waals surface area contributed by atoms with Gasteiger partial charge in [-0.05, 0) is 36.4 Å². The van der Waals surface area contributed by atoms with Gasteiger partial charge >= 0.3 is 0 Å². The van der Waals surface area contributed by atoms with E-state index < -0.39 is 15.8 Å². The monoisotopic (exact) mass is 374 g/mol. The lowest BCUT2D eigenvalue weighted by Crippen LogP contribution is -2.14. The van der Waals surface area contributed by atoms with E-state index in [1.54, 1.807) is 30.3 Å². The molecule has 9 heteroatoms.